The molecular formula is C21H36F2. The Bertz CT molecular complexity index is 376. The summed E-state index contributed by atoms with van der Waals surface area (Å²) in [4.78, 5) is 0. The lowest BCUT2D eigenvalue weighted by molar-refractivity contribution is -0.147. The van der Waals surface area contributed by atoms with Gasteiger partial charge in [-0.25, -0.2) is 8.78 Å². The lowest BCUT2D eigenvalue weighted by Crippen LogP contribution is -2.49. The maximum Gasteiger partial charge on any atom is 0.251 e. The SMILES string of the molecule is CCCCC12CCC(C3CCC(CCC)C(F)(F)C3)(CC1)CC2. The minimum Gasteiger partial charge on any atom is -0.207 e. The molecule has 4 aliphatic rings. The molecule has 2 atom stereocenters. The summed E-state index contributed by atoms with van der Waals surface area (Å²) in [6.45, 7) is 4.32. The molecule has 4 aliphatic carbocycles. The second-order valence-electron chi connectivity index (χ2n) is 9.19. The topological polar surface area (TPSA) is 0 Å². The van der Waals surface area contributed by atoms with Crippen LogP contribution >= 0.6 is 0 Å². The van der Waals surface area contributed by atoms with E-state index in [1.165, 1.54) is 57.8 Å². The third-order valence-electron chi connectivity index (χ3n) is 8.00. The molecule has 0 heterocycles. The summed E-state index contributed by atoms with van der Waals surface area (Å²) >= 11 is 0. The predicted molar refractivity (Wildman–Crippen MR) is 92.8 cm³/mol. The van der Waals surface area contributed by atoms with Crippen LogP contribution < -0.4 is 0 Å². The molecule has 0 saturated heterocycles. The van der Waals surface area contributed by atoms with E-state index in [1.807, 2.05) is 6.92 Å². The van der Waals surface area contributed by atoms with Gasteiger partial charge in [0.25, 0.3) is 5.92 Å². The Morgan fingerprint density at radius 1 is 0.870 bits per heavy atom. The van der Waals surface area contributed by atoms with Gasteiger partial charge in [0.15, 0.2) is 0 Å². The van der Waals surface area contributed by atoms with Crippen molar-refractivity contribution in [2.75, 3.05) is 0 Å². The third kappa shape index (κ3) is 3.33. The summed E-state index contributed by atoms with van der Waals surface area (Å²) in [6, 6.07) is 0. The maximum atomic E-state index is 14.6. The number of unbranched alkanes of at least 4 members (excludes halogenated alkanes) is 1. The average Bonchev–Trinajstić information content (AvgIpc) is 2.56. The van der Waals surface area contributed by atoms with Gasteiger partial charge in [0, 0.05) is 12.3 Å². The van der Waals surface area contributed by atoms with Gasteiger partial charge in [-0.15, -0.1) is 0 Å². The molecular weight excluding hydrogens is 290 g/mol. The van der Waals surface area contributed by atoms with Crippen LogP contribution in [0.3, 0.4) is 0 Å². The normalized spacial score (nSPS) is 42.8. The monoisotopic (exact) mass is 326 g/mol. The molecule has 0 aromatic rings. The summed E-state index contributed by atoms with van der Waals surface area (Å²) in [6.07, 6.45) is 15.4. The van der Waals surface area contributed by atoms with Crippen molar-refractivity contribution in [3.05, 3.63) is 0 Å². The third-order valence-corrected chi connectivity index (χ3v) is 8.00. The maximum absolute atomic E-state index is 14.6. The van der Waals surface area contributed by atoms with Crippen LogP contribution in [0.5, 0.6) is 0 Å². The van der Waals surface area contributed by atoms with Crippen LogP contribution in [0.25, 0.3) is 0 Å². The van der Waals surface area contributed by atoms with Gasteiger partial charge in [0.1, 0.15) is 0 Å². The molecule has 0 N–H and O–H groups in total. The van der Waals surface area contributed by atoms with Gasteiger partial charge < -0.3 is 0 Å². The van der Waals surface area contributed by atoms with Crippen molar-refractivity contribution in [3.63, 3.8) is 0 Å². The zero-order valence-electron chi connectivity index (χ0n) is 15.3. The second kappa shape index (κ2) is 6.64. The summed E-state index contributed by atoms with van der Waals surface area (Å²) in [5.74, 6) is -2.44. The lowest BCUT2D eigenvalue weighted by Gasteiger charge is -2.58. The number of hydrogen-bond donors (Lipinski definition) is 0. The van der Waals surface area contributed by atoms with Crippen molar-refractivity contribution in [1.29, 1.82) is 0 Å². The first-order valence-corrected chi connectivity index (χ1v) is 10.3. The van der Waals surface area contributed by atoms with Crippen LogP contribution in [0, 0.1) is 22.7 Å². The Hall–Kier alpha value is -0.140. The molecule has 0 aromatic heterocycles. The standard InChI is InChI=1S/C21H36F2/c1-3-5-9-19-10-13-20(14-11-19,15-12-19)18-8-7-17(6-4-2)21(22,23)16-18/h17-18H,3-16H2,1-2H3. The molecule has 23 heavy (non-hydrogen) atoms. The van der Waals surface area contributed by atoms with E-state index in [0.29, 0.717) is 17.8 Å². The fourth-order valence-electron chi connectivity index (χ4n) is 6.27. The fraction of sp³-hybridized carbons (Fsp3) is 1.00. The molecule has 0 amide bonds. The highest BCUT2D eigenvalue weighted by Crippen LogP contribution is 2.64. The van der Waals surface area contributed by atoms with Gasteiger partial charge in [0.2, 0.25) is 0 Å². The van der Waals surface area contributed by atoms with E-state index in [-0.39, 0.29) is 17.8 Å². The van der Waals surface area contributed by atoms with E-state index >= 15 is 0 Å². The Kier molecular flexibility index (Phi) is 5.10. The van der Waals surface area contributed by atoms with E-state index in [9.17, 15) is 8.78 Å². The Morgan fingerprint density at radius 2 is 1.52 bits per heavy atom. The van der Waals surface area contributed by atoms with Crippen LogP contribution in [0.2, 0.25) is 0 Å². The zero-order valence-corrected chi connectivity index (χ0v) is 15.3. The molecule has 0 aliphatic heterocycles. The molecule has 4 rings (SSSR count). The van der Waals surface area contributed by atoms with Crippen LogP contribution in [-0.4, -0.2) is 5.92 Å². The van der Waals surface area contributed by atoms with E-state index in [0.717, 1.165) is 19.3 Å². The van der Waals surface area contributed by atoms with Crippen LogP contribution in [0.1, 0.15) is 104 Å². The molecule has 4 saturated carbocycles. The van der Waals surface area contributed by atoms with Gasteiger partial charge in [-0.1, -0.05) is 33.1 Å². The van der Waals surface area contributed by atoms with Gasteiger partial charge in [-0.2, -0.15) is 0 Å². The first-order chi connectivity index (χ1) is 11.0. The van der Waals surface area contributed by atoms with Crippen molar-refractivity contribution < 1.29 is 8.78 Å². The van der Waals surface area contributed by atoms with Gasteiger partial charge in [0.05, 0.1) is 0 Å². The lowest BCUT2D eigenvalue weighted by atomic mass is 9.47. The Labute approximate surface area is 141 Å². The van der Waals surface area contributed by atoms with E-state index in [1.54, 1.807) is 0 Å². The smallest absolute Gasteiger partial charge is 0.207 e. The molecule has 0 radical (unpaired) electrons. The molecule has 2 heteroatoms. The molecule has 2 unspecified atom stereocenters. The number of fused-ring (bicyclic) bond motifs is 3. The van der Waals surface area contributed by atoms with Gasteiger partial charge in [-0.05, 0) is 81.0 Å². The Balaban J connectivity index is 1.63. The highest BCUT2D eigenvalue weighted by Gasteiger charge is 2.55. The summed E-state index contributed by atoms with van der Waals surface area (Å²) in [7, 11) is 0. The highest BCUT2D eigenvalue weighted by molar-refractivity contribution is 5.04. The summed E-state index contributed by atoms with van der Waals surface area (Å²) in [5, 5.41) is 0. The first kappa shape index (κ1) is 17.7. The molecule has 2 bridgehead atoms. The van der Waals surface area contributed by atoms with Crippen LogP contribution in [0.4, 0.5) is 8.78 Å². The van der Waals surface area contributed by atoms with Crippen molar-refractivity contribution >= 4 is 0 Å². The average molecular weight is 327 g/mol. The van der Waals surface area contributed by atoms with Crippen molar-refractivity contribution in [2.45, 2.75) is 110 Å². The fourth-order valence-corrected chi connectivity index (χ4v) is 6.27. The second-order valence-corrected chi connectivity index (χ2v) is 9.19. The molecule has 134 valence electrons. The van der Waals surface area contributed by atoms with Crippen molar-refractivity contribution in [3.8, 4) is 0 Å². The zero-order chi connectivity index (χ0) is 16.6. The molecule has 4 fully saturated rings. The first-order valence-electron chi connectivity index (χ1n) is 10.3. The summed E-state index contributed by atoms with van der Waals surface area (Å²) < 4.78 is 29.2. The molecule has 0 nitrogen and oxygen atoms in total. The number of hydrogen-bond acceptors (Lipinski definition) is 0. The highest BCUT2D eigenvalue weighted by atomic mass is 19.3. The quantitative estimate of drug-likeness (QED) is 0.478. The minimum absolute atomic E-state index is 0.194. The summed E-state index contributed by atoms with van der Waals surface area (Å²) in [5.41, 5.74) is 0.883. The van der Waals surface area contributed by atoms with Crippen molar-refractivity contribution in [2.24, 2.45) is 22.7 Å². The predicted octanol–water partition coefficient (Wildman–Crippen LogP) is 7.37. The van der Waals surface area contributed by atoms with E-state index in [4.69, 9.17) is 0 Å². The molecule has 0 spiro atoms. The van der Waals surface area contributed by atoms with E-state index in [2.05, 4.69) is 6.92 Å². The molecule has 0 aromatic carbocycles. The number of rotatable bonds is 6. The van der Waals surface area contributed by atoms with Gasteiger partial charge >= 0.3 is 0 Å². The van der Waals surface area contributed by atoms with Crippen molar-refractivity contribution in [1.82, 2.24) is 0 Å². The van der Waals surface area contributed by atoms with Crippen LogP contribution in [-0.2, 0) is 0 Å². The van der Waals surface area contributed by atoms with Crippen LogP contribution in [0.15, 0.2) is 0 Å². The number of halogens is 2. The largest absolute Gasteiger partial charge is 0.251 e. The van der Waals surface area contributed by atoms with E-state index < -0.39 is 5.92 Å². The van der Waals surface area contributed by atoms with Gasteiger partial charge in [-0.3, -0.25) is 0 Å². The number of alkyl halides is 2. The minimum atomic E-state index is -2.40. The Morgan fingerprint density at radius 3 is 2.04 bits per heavy atom.